The molecule has 1 atom stereocenters. The number of alkyl halides is 2. The molecular formula is C13H15Cl2NO4. The summed E-state index contributed by atoms with van der Waals surface area (Å²) in [4.78, 5) is 21.5. The SMILES string of the molecule is CCOC(=O)[C@@H](C)Oc1ccc(NC(=O)C(Cl)Cl)cc1. The van der Waals surface area contributed by atoms with Crippen LogP contribution >= 0.6 is 23.2 Å². The first-order valence-corrected chi connectivity index (χ1v) is 6.83. The van der Waals surface area contributed by atoms with Gasteiger partial charge in [0.15, 0.2) is 10.9 Å². The highest BCUT2D eigenvalue weighted by Gasteiger charge is 2.16. The van der Waals surface area contributed by atoms with Gasteiger partial charge in [-0.05, 0) is 38.1 Å². The van der Waals surface area contributed by atoms with Crippen molar-refractivity contribution in [3.63, 3.8) is 0 Å². The minimum absolute atomic E-state index is 0.301. The Morgan fingerprint density at radius 2 is 1.85 bits per heavy atom. The van der Waals surface area contributed by atoms with Crippen molar-refractivity contribution in [3.05, 3.63) is 24.3 Å². The normalized spacial score (nSPS) is 11.8. The van der Waals surface area contributed by atoms with Crippen LogP contribution in [-0.2, 0) is 14.3 Å². The minimum atomic E-state index is -1.13. The van der Waals surface area contributed by atoms with Crippen LogP contribution in [0.25, 0.3) is 0 Å². The summed E-state index contributed by atoms with van der Waals surface area (Å²) < 4.78 is 10.2. The van der Waals surface area contributed by atoms with E-state index in [4.69, 9.17) is 32.7 Å². The molecule has 1 N–H and O–H groups in total. The van der Waals surface area contributed by atoms with E-state index in [1.165, 1.54) is 0 Å². The number of benzene rings is 1. The molecule has 0 aliphatic heterocycles. The number of hydrogen-bond donors (Lipinski definition) is 1. The second kappa shape index (κ2) is 7.97. The summed E-state index contributed by atoms with van der Waals surface area (Å²) in [6.45, 7) is 3.62. The molecule has 7 heteroatoms. The van der Waals surface area contributed by atoms with E-state index in [1.54, 1.807) is 38.1 Å². The quantitative estimate of drug-likeness (QED) is 0.646. The molecule has 0 aliphatic carbocycles. The molecule has 1 amide bonds. The third-order valence-corrected chi connectivity index (χ3v) is 2.65. The lowest BCUT2D eigenvalue weighted by molar-refractivity contribution is -0.150. The maximum Gasteiger partial charge on any atom is 0.347 e. The summed E-state index contributed by atoms with van der Waals surface area (Å²) in [6, 6.07) is 6.45. The predicted octanol–water partition coefficient (Wildman–Crippen LogP) is 2.76. The van der Waals surface area contributed by atoms with Crippen LogP contribution in [-0.4, -0.2) is 29.4 Å². The number of nitrogens with one attached hydrogen (secondary N) is 1. The molecule has 110 valence electrons. The highest BCUT2D eigenvalue weighted by atomic mass is 35.5. The number of esters is 1. The Hall–Kier alpha value is -1.46. The van der Waals surface area contributed by atoms with Gasteiger partial charge in [-0.2, -0.15) is 0 Å². The van der Waals surface area contributed by atoms with Crippen molar-refractivity contribution in [1.82, 2.24) is 0 Å². The van der Waals surface area contributed by atoms with Crippen molar-refractivity contribution in [3.8, 4) is 5.75 Å². The van der Waals surface area contributed by atoms with E-state index in [1.807, 2.05) is 0 Å². The van der Waals surface area contributed by atoms with E-state index in [9.17, 15) is 9.59 Å². The molecule has 0 fully saturated rings. The lowest BCUT2D eigenvalue weighted by Gasteiger charge is -2.13. The number of halogens is 2. The van der Waals surface area contributed by atoms with Gasteiger partial charge in [0.2, 0.25) is 0 Å². The molecule has 0 saturated heterocycles. The second-order valence-electron chi connectivity index (χ2n) is 3.83. The number of ether oxygens (including phenoxy) is 2. The molecule has 20 heavy (non-hydrogen) atoms. The van der Waals surface area contributed by atoms with E-state index in [-0.39, 0.29) is 0 Å². The lowest BCUT2D eigenvalue weighted by atomic mass is 10.3. The van der Waals surface area contributed by atoms with Crippen LogP contribution < -0.4 is 10.1 Å². The number of rotatable bonds is 6. The second-order valence-corrected chi connectivity index (χ2v) is 4.92. The van der Waals surface area contributed by atoms with Crippen LogP contribution in [0, 0.1) is 0 Å². The number of amides is 1. The Labute approximate surface area is 127 Å². The molecule has 0 unspecified atom stereocenters. The topological polar surface area (TPSA) is 64.6 Å². The van der Waals surface area contributed by atoms with E-state index < -0.39 is 22.8 Å². The first-order chi connectivity index (χ1) is 9.43. The Bertz CT molecular complexity index is 462. The van der Waals surface area contributed by atoms with Crippen molar-refractivity contribution in [2.75, 3.05) is 11.9 Å². The monoisotopic (exact) mass is 319 g/mol. The van der Waals surface area contributed by atoms with Gasteiger partial charge >= 0.3 is 5.97 Å². The molecule has 1 rings (SSSR count). The third-order valence-electron chi connectivity index (χ3n) is 2.25. The molecular weight excluding hydrogens is 305 g/mol. The third kappa shape index (κ3) is 5.27. The van der Waals surface area contributed by atoms with E-state index >= 15 is 0 Å². The van der Waals surface area contributed by atoms with Gasteiger partial charge in [-0.15, -0.1) is 0 Å². The lowest BCUT2D eigenvalue weighted by Crippen LogP contribution is -2.26. The maximum absolute atomic E-state index is 11.4. The Morgan fingerprint density at radius 1 is 1.25 bits per heavy atom. The smallest absolute Gasteiger partial charge is 0.347 e. The van der Waals surface area contributed by atoms with Crippen LogP contribution in [0.4, 0.5) is 5.69 Å². The zero-order valence-corrected chi connectivity index (χ0v) is 12.6. The van der Waals surface area contributed by atoms with Crippen LogP contribution in [0.5, 0.6) is 5.75 Å². The minimum Gasteiger partial charge on any atom is -0.479 e. The summed E-state index contributed by atoms with van der Waals surface area (Å²) in [5.41, 5.74) is 0.525. The summed E-state index contributed by atoms with van der Waals surface area (Å²) in [5, 5.41) is 2.51. The summed E-state index contributed by atoms with van der Waals surface area (Å²) in [7, 11) is 0. The highest BCUT2D eigenvalue weighted by molar-refractivity contribution is 6.54. The molecule has 0 heterocycles. The average molecular weight is 320 g/mol. The zero-order valence-electron chi connectivity index (χ0n) is 11.1. The molecule has 0 aromatic heterocycles. The van der Waals surface area contributed by atoms with Gasteiger partial charge < -0.3 is 14.8 Å². The zero-order chi connectivity index (χ0) is 15.1. The molecule has 5 nitrogen and oxygen atoms in total. The van der Waals surface area contributed by atoms with Gasteiger partial charge in [-0.3, -0.25) is 4.79 Å². The molecule has 0 bridgehead atoms. The summed E-state index contributed by atoms with van der Waals surface area (Å²) in [6.07, 6.45) is -0.703. The number of hydrogen-bond acceptors (Lipinski definition) is 4. The van der Waals surface area contributed by atoms with Gasteiger partial charge in [0, 0.05) is 5.69 Å². The summed E-state index contributed by atoms with van der Waals surface area (Å²) >= 11 is 10.8. The molecule has 0 spiro atoms. The molecule has 0 saturated carbocycles. The Morgan fingerprint density at radius 3 is 2.35 bits per heavy atom. The van der Waals surface area contributed by atoms with E-state index in [0.29, 0.717) is 18.0 Å². The Kier molecular flexibility index (Phi) is 6.61. The van der Waals surface area contributed by atoms with Crippen molar-refractivity contribution >= 4 is 40.8 Å². The van der Waals surface area contributed by atoms with Crippen LogP contribution in [0.2, 0.25) is 0 Å². The van der Waals surface area contributed by atoms with E-state index in [0.717, 1.165) is 0 Å². The molecule has 0 aliphatic rings. The standard InChI is InChI=1S/C13H15Cl2NO4/c1-3-19-13(18)8(2)20-10-6-4-9(5-7-10)16-12(17)11(14)15/h4-8,11H,3H2,1-2H3,(H,16,17)/t8-/m1/s1. The fourth-order valence-electron chi connectivity index (χ4n) is 1.33. The molecule has 0 radical (unpaired) electrons. The van der Waals surface area contributed by atoms with Gasteiger partial charge in [0.1, 0.15) is 5.75 Å². The van der Waals surface area contributed by atoms with Crippen LogP contribution in [0.1, 0.15) is 13.8 Å². The van der Waals surface area contributed by atoms with Crippen LogP contribution in [0.3, 0.4) is 0 Å². The van der Waals surface area contributed by atoms with Crippen LogP contribution in [0.15, 0.2) is 24.3 Å². The number of carbonyl (C=O) groups excluding carboxylic acids is 2. The highest BCUT2D eigenvalue weighted by Crippen LogP contribution is 2.18. The Balaban J connectivity index is 2.58. The summed E-state index contributed by atoms with van der Waals surface area (Å²) in [5.74, 6) is -0.462. The van der Waals surface area contributed by atoms with Crippen molar-refractivity contribution in [2.45, 2.75) is 24.8 Å². The van der Waals surface area contributed by atoms with E-state index in [2.05, 4.69) is 5.32 Å². The first-order valence-electron chi connectivity index (χ1n) is 5.96. The molecule has 1 aromatic rings. The predicted molar refractivity (Wildman–Crippen MR) is 77.3 cm³/mol. The van der Waals surface area contributed by atoms with Crippen molar-refractivity contribution in [1.29, 1.82) is 0 Å². The fourth-order valence-corrected chi connectivity index (χ4v) is 1.43. The number of carbonyl (C=O) groups is 2. The van der Waals surface area contributed by atoms with Gasteiger partial charge in [0.25, 0.3) is 5.91 Å². The van der Waals surface area contributed by atoms with Gasteiger partial charge in [-0.25, -0.2) is 4.79 Å². The molecule has 1 aromatic carbocycles. The maximum atomic E-state index is 11.4. The van der Waals surface area contributed by atoms with Crippen molar-refractivity contribution in [2.24, 2.45) is 0 Å². The largest absolute Gasteiger partial charge is 0.479 e. The average Bonchev–Trinajstić information content (AvgIpc) is 2.41. The van der Waals surface area contributed by atoms with Gasteiger partial charge in [-0.1, -0.05) is 23.2 Å². The number of anilines is 1. The van der Waals surface area contributed by atoms with Gasteiger partial charge in [0.05, 0.1) is 6.61 Å². The fraction of sp³-hybridized carbons (Fsp3) is 0.385. The van der Waals surface area contributed by atoms with Crippen molar-refractivity contribution < 1.29 is 19.1 Å². The first kappa shape index (κ1) is 16.6.